The van der Waals surface area contributed by atoms with Crippen molar-refractivity contribution in [1.82, 2.24) is 0 Å². The smallest absolute Gasteiger partial charge is 0.173 e. The van der Waals surface area contributed by atoms with E-state index in [2.05, 4.69) is 31.9 Å². The molecule has 0 unspecified atom stereocenters. The number of halogens is 5. The van der Waals surface area contributed by atoms with E-state index in [1.807, 2.05) is 0 Å². The van der Waals surface area contributed by atoms with Crippen molar-refractivity contribution >= 4 is 37.6 Å². The van der Waals surface area contributed by atoms with Gasteiger partial charge in [0.25, 0.3) is 0 Å². The summed E-state index contributed by atoms with van der Waals surface area (Å²) in [4.78, 5) is 12.0. The van der Waals surface area contributed by atoms with Gasteiger partial charge in [-0.05, 0) is 39.7 Å². The molecular formula is C14H7Br2F3O. The Balaban J connectivity index is 2.36. The average molecular weight is 408 g/mol. The molecule has 0 radical (unpaired) electrons. The van der Waals surface area contributed by atoms with E-state index >= 15 is 0 Å². The number of rotatable bonds is 3. The maximum Gasteiger partial charge on any atom is 0.173 e. The second-order valence-corrected chi connectivity index (χ2v) is 5.77. The molecule has 1 nitrogen and oxygen atoms in total. The molecule has 0 N–H and O–H groups in total. The highest BCUT2D eigenvalue weighted by Gasteiger charge is 2.20. The van der Waals surface area contributed by atoms with Gasteiger partial charge in [-0.1, -0.05) is 28.1 Å². The molecule has 2 rings (SSSR count). The zero-order valence-corrected chi connectivity index (χ0v) is 13.1. The predicted octanol–water partition coefficient (Wildman–Crippen LogP) is 5.05. The van der Waals surface area contributed by atoms with Gasteiger partial charge in [-0.15, -0.1) is 0 Å². The van der Waals surface area contributed by atoms with Crippen LogP contribution in [0.4, 0.5) is 13.2 Å². The van der Waals surface area contributed by atoms with E-state index in [-0.39, 0.29) is 15.4 Å². The normalized spacial score (nSPS) is 10.7. The van der Waals surface area contributed by atoms with Crippen molar-refractivity contribution in [2.75, 3.05) is 0 Å². The molecule has 2 aromatic rings. The first kappa shape index (κ1) is 15.3. The van der Waals surface area contributed by atoms with Crippen LogP contribution in [0.5, 0.6) is 0 Å². The number of carbonyl (C=O) groups is 1. The van der Waals surface area contributed by atoms with Crippen LogP contribution in [0.1, 0.15) is 15.9 Å². The summed E-state index contributed by atoms with van der Waals surface area (Å²) in [5, 5.41) is 0. The molecule has 104 valence electrons. The Labute approximate surface area is 130 Å². The Morgan fingerprint density at radius 3 is 2.20 bits per heavy atom. The van der Waals surface area contributed by atoms with Crippen LogP contribution in [0, 0.1) is 17.5 Å². The van der Waals surface area contributed by atoms with Gasteiger partial charge in [-0.25, -0.2) is 13.2 Å². The van der Waals surface area contributed by atoms with Crippen molar-refractivity contribution in [2.24, 2.45) is 0 Å². The van der Waals surface area contributed by atoms with E-state index in [0.717, 1.165) is 12.1 Å². The number of hydrogen-bond donors (Lipinski definition) is 0. The maximum absolute atomic E-state index is 13.7. The number of Topliss-reactive ketones (excluding diaryl/α,β-unsaturated/α-hetero) is 1. The fourth-order valence-corrected chi connectivity index (χ4v) is 2.56. The van der Waals surface area contributed by atoms with Crippen molar-refractivity contribution in [3.05, 3.63) is 67.9 Å². The summed E-state index contributed by atoms with van der Waals surface area (Å²) in [6, 6.07) is 6.18. The first-order valence-corrected chi connectivity index (χ1v) is 7.09. The summed E-state index contributed by atoms with van der Waals surface area (Å²) in [6.07, 6.45) is -0.298. The Hall–Kier alpha value is -1.14. The molecule has 0 heterocycles. The van der Waals surface area contributed by atoms with E-state index in [1.54, 1.807) is 0 Å². The number of carbonyl (C=O) groups excluding carboxylic acids is 1. The highest BCUT2D eigenvalue weighted by Crippen LogP contribution is 2.24. The van der Waals surface area contributed by atoms with Crippen molar-refractivity contribution in [2.45, 2.75) is 6.42 Å². The molecule has 0 atom stereocenters. The Bertz CT molecular complexity index is 663. The maximum atomic E-state index is 13.7. The second-order valence-electron chi connectivity index (χ2n) is 4.06. The SMILES string of the molecule is O=C(Cc1cccc(F)c1Br)c1c(F)cc(Br)cc1F. The summed E-state index contributed by atoms with van der Waals surface area (Å²) < 4.78 is 41.0. The molecule has 0 fully saturated rings. The molecule has 20 heavy (non-hydrogen) atoms. The first-order valence-electron chi connectivity index (χ1n) is 5.50. The molecule has 0 bridgehead atoms. The quantitative estimate of drug-likeness (QED) is 0.650. The van der Waals surface area contributed by atoms with Gasteiger partial charge < -0.3 is 0 Å². The minimum absolute atomic E-state index is 0.117. The van der Waals surface area contributed by atoms with Crippen molar-refractivity contribution in [1.29, 1.82) is 0 Å². The van der Waals surface area contributed by atoms with Crippen molar-refractivity contribution < 1.29 is 18.0 Å². The lowest BCUT2D eigenvalue weighted by Gasteiger charge is -2.07. The number of benzene rings is 2. The van der Waals surface area contributed by atoms with Crippen LogP contribution in [0.25, 0.3) is 0 Å². The van der Waals surface area contributed by atoms with E-state index in [0.29, 0.717) is 5.56 Å². The summed E-state index contributed by atoms with van der Waals surface area (Å²) in [5.41, 5.74) is -0.291. The third-order valence-corrected chi connectivity index (χ3v) is 4.01. The second kappa shape index (κ2) is 6.10. The van der Waals surface area contributed by atoms with Crippen LogP contribution in [-0.4, -0.2) is 5.78 Å². The Morgan fingerprint density at radius 1 is 1.00 bits per heavy atom. The van der Waals surface area contributed by atoms with Gasteiger partial charge in [0.1, 0.15) is 17.5 Å². The van der Waals surface area contributed by atoms with Crippen LogP contribution in [0.15, 0.2) is 39.3 Å². The molecule has 0 saturated carbocycles. The monoisotopic (exact) mass is 406 g/mol. The number of hydrogen-bond acceptors (Lipinski definition) is 1. The van der Waals surface area contributed by atoms with Crippen molar-refractivity contribution in [3.8, 4) is 0 Å². The van der Waals surface area contributed by atoms with Gasteiger partial charge in [0.15, 0.2) is 5.78 Å². The van der Waals surface area contributed by atoms with Crippen LogP contribution in [0.3, 0.4) is 0 Å². The van der Waals surface area contributed by atoms with Crippen molar-refractivity contribution in [3.63, 3.8) is 0 Å². The zero-order valence-electron chi connectivity index (χ0n) is 9.89. The highest BCUT2D eigenvalue weighted by atomic mass is 79.9. The average Bonchev–Trinajstić information content (AvgIpc) is 2.33. The predicted molar refractivity (Wildman–Crippen MR) is 76.2 cm³/mol. The van der Waals surface area contributed by atoms with Gasteiger partial charge >= 0.3 is 0 Å². The molecule has 0 spiro atoms. The van der Waals surface area contributed by atoms with Crippen LogP contribution >= 0.6 is 31.9 Å². The molecule has 0 saturated heterocycles. The lowest BCUT2D eigenvalue weighted by atomic mass is 10.0. The summed E-state index contributed by atoms with van der Waals surface area (Å²) in [6.45, 7) is 0. The summed E-state index contributed by atoms with van der Waals surface area (Å²) in [5.74, 6) is -3.19. The summed E-state index contributed by atoms with van der Waals surface area (Å²) in [7, 11) is 0. The van der Waals surface area contributed by atoms with E-state index in [9.17, 15) is 18.0 Å². The number of ketones is 1. The molecular weight excluding hydrogens is 401 g/mol. The molecule has 2 aromatic carbocycles. The zero-order chi connectivity index (χ0) is 14.9. The van der Waals surface area contributed by atoms with Gasteiger partial charge in [-0.2, -0.15) is 0 Å². The lowest BCUT2D eigenvalue weighted by Crippen LogP contribution is -2.10. The Morgan fingerprint density at radius 2 is 1.60 bits per heavy atom. The third kappa shape index (κ3) is 3.12. The first-order chi connectivity index (χ1) is 9.40. The van der Waals surface area contributed by atoms with Crippen LogP contribution in [-0.2, 0) is 6.42 Å². The molecule has 0 aliphatic heterocycles. The minimum Gasteiger partial charge on any atom is -0.294 e. The molecule has 0 aromatic heterocycles. The van der Waals surface area contributed by atoms with E-state index < -0.39 is 28.8 Å². The third-order valence-electron chi connectivity index (χ3n) is 2.67. The highest BCUT2D eigenvalue weighted by molar-refractivity contribution is 9.10. The molecule has 0 amide bonds. The molecule has 0 aliphatic rings. The van der Waals surface area contributed by atoms with Crippen LogP contribution in [0.2, 0.25) is 0 Å². The molecule has 6 heteroatoms. The topological polar surface area (TPSA) is 17.1 Å². The van der Waals surface area contributed by atoms with Gasteiger partial charge in [0.2, 0.25) is 0 Å². The van der Waals surface area contributed by atoms with Gasteiger partial charge in [-0.3, -0.25) is 4.79 Å². The van der Waals surface area contributed by atoms with Gasteiger partial charge in [0, 0.05) is 10.9 Å². The largest absolute Gasteiger partial charge is 0.294 e. The minimum atomic E-state index is -0.950. The van der Waals surface area contributed by atoms with Crippen LogP contribution < -0.4 is 0 Å². The van der Waals surface area contributed by atoms with E-state index in [1.165, 1.54) is 18.2 Å². The molecule has 0 aliphatic carbocycles. The lowest BCUT2D eigenvalue weighted by molar-refractivity contribution is 0.0984. The fourth-order valence-electron chi connectivity index (χ4n) is 1.75. The standard InChI is InChI=1S/C14H7Br2F3O/c15-8-5-10(18)13(11(19)6-8)12(20)4-7-2-1-3-9(17)14(7)16/h1-3,5-6H,4H2. The summed E-state index contributed by atoms with van der Waals surface area (Å²) >= 11 is 5.94. The van der Waals surface area contributed by atoms with E-state index in [4.69, 9.17) is 0 Å². The van der Waals surface area contributed by atoms with Gasteiger partial charge in [0.05, 0.1) is 10.0 Å². The fraction of sp³-hybridized carbons (Fsp3) is 0.0714. The Kier molecular flexibility index (Phi) is 4.65.